The fourth-order valence-corrected chi connectivity index (χ4v) is 3.69. The number of ether oxygens (including phenoxy) is 1. The van der Waals surface area contributed by atoms with Crippen molar-refractivity contribution in [3.05, 3.63) is 11.8 Å². The van der Waals surface area contributed by atoms with Crippen molar-refractivity contribution >= 4 is 12.1 Å². The van der Waals surface area contributed by atoms with Crippen molar-refractivity contribution in [1.82, 2.24) is 25.5 Å². The highest BCUT2D eigenvalue weighted by molar-refractivity contribution is 5.76. The number of carbonyl (C=O) groups is 2. The van der Waals surface area contributed by atoms with Gasteiger partial charge < -0.3 is 19.4 Å². The molecule has 1 saturated carbocycles. The van der Waals surface area contributed by atoms with Gasteiger partial charge in [-0.2, -0.15) is 0 Å². The summed E-state index contributed by atoms with van der Waals surface area (Å²) in [4.78, 5) is 25.7. The Morgan fingerprint density at radius 3 is 2.78 bits per heavy atom. The fraction of sp³-hybridized carbons (Fsp3) is 0.765. The summed E-state index contributed by atoms with van der Waals surface area (Å²) in [7, 11) is 0. The van der Waals surface area contributed by atoms with Crippen LogP contribution in [0.5, 0.6) is 0 Å². The maximum atomic E-state index is 12.1. The Kier molecular flexibility index (Phi) is 4.06. The molecule has 1 aromatic heterocycles. The van der Waals surface area contributed by atoms with Gasteiger partial charge in [0.25, 0.3) is 0 Å². The number of amides is 3. The Morgan fingerprint density at radius 2 is 2.11 bits per heavy atom. The molecule has 2 aliphatic heterocycles. The minimum absolute atomic E-state index is 0.163. The van der Waals surface area contributed by atoms with Crippen LogP contribution in [0.4, 0.5) is 9.59 Å². The number of rotatable bonds is 4. The van der Waals surface area contributed by atoms with Crippen LogP contribution < -0.4 is 5.32 Å². The van der Waals surface area contributed by atoms with Crippen LogP contribution in [0.2, 0.25) is 0 Å². The van der Waals surface area contributed by atoms with Crippen LogP contribution in [0, 0.1) is 0 Å². The van der Waals surface area contributed by atoms with Crippen molar-refractivity contribution in [2.45, 2.75) is 76.1 Å². The predicted octanol–water partition coefficient (Wildman–Crippen LogP) is 2.00. The highest BCUT2D eigenvalue weighted by Gasteiger charge is 2.48. The molecule has 1 aromatic rings. The monoisotopic (exact) mass is 379 g/mol. The van der Waals surface area contributed by atoms with E-state index in [4.69, 9.17) is 9.15 Å². The first kappa shape index (κ1) is 18.0. The summed E-state index contributed by atoms with van der Waals surface area (Å²) in [6, 6.07) is -0.905. The highest BCUT2D eigenvalue weighted by Crippen LogP contribution is 2.40. The maximum Gasteiger partial charge on any atom is 0.408 e. The first-order valence-corrected chi connectivity index (χ1v) is 9.28. The lowest BCUT2D eigenvalue weighted by Gasteiger charge is -2.27. The van der Waals surface area contributed by atoms with E-state index in [0.29, 0.717) is 37.6 Å². The topological polar surface area (TPSA) is 121 Å². The van der Waals surface area contributed by atoms with Gasteiger partial charge in [0.05, 0.1) is 11.6 Å². The van der Waals surface area contributed by atoms with Crippen LogP contribution in [0.1, 0.15) is 64.3 Å². The second-order valence-corrected chi connectivity index (χ2v) is 8.64. The van der Waals surface area contributed by atoms with E-state index in [-0.39, 0.29) is 12.1 Å². The Bertz CT molecular complexity index is 753. The molecule has 1 aliphatic carbocycles. The van der Waals surface area contributed by atoms with Gasteiger partial charge in [-0.1, -0.05) is 0 Å². The number of hydrogen-bond acceptors (Lipinski definition) is 7. The van der Waals surface area contributed by atoms with E-state index < -0.39 is 23.3 Å². The Balaban J connectivity index is 1.40. The lowest BCUT2D eigenvalue weighted by molar-refractivity contribution is -0.0584. The molecule has 0 unspecified atom stereocenters. The molecule has 3 fully saturated rings. The van der Waals surface area contributed by atoms with Gasteiger partial charge in [0.2, 0.25) is 11.8 Å². The summed E-state index contributed by atoms with van der Waals surface area (Å²) >= 11 is 0. The zero-order valence-electron chi connectivity index (χ0n) is 15.8. The van der Waals surface area contributed by atoms with Crippen LogP contribution >= 0.6 is 0 Å². The molecule has 2 atom stereocenters. The third kappa shape index (κ3) is 3.58. The lowest BCUT2D eigenvalue weighted by atomic mass is 10.0. The standard InChI is InChI=1S/C17H25N5O5/c1-16(2,3)27-14(23)18-17(6-7-17)8-12-19-20-13(26-12)11-5-4-10-9-21(11)15(24)22(10)25/h10-11,25H,4-9H2,1-3H3,(H,18,23)/t10-,11-/m0/s1. The van der Waals surface area contributed by atoms with E-state index in [1.165, 1.54) is 0 Å². The summed E-state index contributed by atoms with van der Waals surface area (Å²) in [5.74, 6) is 0.799. The molecule has 2 N–H and O–H groups in total. The van der Waals surface area contributed by atoms with Gasteiger partial charge in [-0.05, 0) is 46.5 Å². The number of hydrogen-bond donors (Lipinski definition) is 2. The number of nitrogens with zero attached hydrogens (tertiary/aromatic N) is 4. The number of hydroxylamine groups is 2. The molecule has 2 bridgehead atoms. The van der Waals surface area contributed by atoms with Gasteiger partial charge in [-0.25, -0.2) is 14.7 Å². The first-order valence-electron chi connectivity index (χ1n) is 9.28. The number of nitrogens with one attached hydrogen (secondary N) is 1. The van der Waals surface area contributed by atoms with Crippen LogP contribution in [-0.4, -0.2) is 61.2 Å². The van der Waals surface area contributed by atoms with Gasteiger partial charge in [0, 0.05) is 13.0 Å². The average molecular weight is 379 g/mol. The van der Waals surface area contributed by atoms with E-state index in [1.807, 2.05) is 20.8 Å². The fourth-order valence-electron chi connectivity index (χ4n) is 3.69. The minimum Gasteiger partial charge on any atom is -0.444 e. The molecule has 3 amide bonds. The van der Waals surface area contributed by atoms with Gasteiger partial charge in [0.1, 0.15) is 11.6 Å². The van der Waals surface area contributed by atoms with Crippen molar-refractivity contribution in [3.8, 4) is 0 Å². The zero-order chi connectivity index (χ0) is 19.4. The predicted molar refractivity (Wildman–Crippen MR) is 90.8 cm³/mol. The zero-order valence-corrected chi connectivity index (χ0v) is 15.8. The molecule has 0 aromatic carbocycles. The van der Waals surface area contributed by atoms with E-state index in [0.717, 1.165) is 17.9 Å². The summed E-state index contributed by atoms with van der Waals surface area (Å²) in [6.07, 6.45) is 2.96. The first-order chi connectivity index (χ1) is 12.7. The third-order valence-electron chi connectivity index (χ3n) is 5.22. The second-order valence-electron chi connectivity index (χ2n) is 8.64. The summed E-state index contributed by atoms with van der Waals surface area (Å²) in [5, 5.41) is 21.7. The largest absolute Gasteiger partial charge is 0.444 e. The minimum atomic E-state index is -0.556. The number of aromatic nitrogens is 2. The normalized spacial score (nSPS) is 26.3. The molecule has 2 saturated heterocycles. The molecule has 4 rings (SSSR count). The number of fused-ring (bicyclic) bond motifs is 2. The molecule has 3 aliphatic rings. The van der Waals surface area contributed by atoms with Gasteiger partial charge in [0.15, 0.2) is 0 Å². The molecule has 0 radical (unpaired) electrons. The lowest BCUT2D eigenvalue weighted by Crippen LogP contribution is -2.42. The molecular weight excluding hydrogens is 354 g/mol. The molecule has 10 heteroatoms. The van der Waals surface area contributed by atoms with Crippen molar-refractivity contribution in [2.75, 3.05) is 6.54 Å². The summed E-state index contributed by atoms with van der Waals surface area (Å²) in [6.45, 7) is 5.91. The Morgan fingerprint density at radius 1 is 1.37 bits per heavy atom. The van der Waals surface area contributed by atoms with E-state index >= 15 is 0 Å². The number of urea groups is 1. The van der Waals surface area contributed by atoms with E-state index in [9.17, 15) is 14.8 Å². The molecule has 3 heterocycles. The van der Waals surface area contributed by atoms with Crippen molar-refractivity contribution in [3.63, 3.8) is 0 Å². The van der Waals surface area contributed by atoms with Crippen LogP contribution in [-0.2, 0) is 11.2 Å². The summed E-state index contributed by atoms with van der Waals surface area (Å²) < 4.78 is 11.1. The van der Waals surface area contributed by atoms with Crippen LogP contribution in [0.3, 0.4) is 0 Å². The highest BCUT2D eigenvalue weighted by atomic mass is 16.6. The van der Waals surface area contributed by atoms with Gasteiger partial charge in [-0.15, -0.1) is 10.2 Å². The van der Waals surface area contributed by atoms with E-state index in [2.05, 4.69) is 15.5 Å². The molecule has 10 nitrogen and oxygen atoms in total. The van der Waals surface area contributed by atoms with Gasteiger partial charge in [-0.3, -0.25) is 5.21 Å². The summed E-state index contributed by atoms with van der Waals surface area (Å²) in [5.41, 5.74) is -0.964. The van der Waals surface area contributed by atoms with Crippen molar-refractivity contribution in [2.24, 2.45) is 0 Å². The second kappa shape index (κ2) is 6.08. The SMILES string of the molecule is CC(C)(C)OC(=O)NC1(Cc2nnc([C@@H]3CC[C@H]4CN3C(=O)N4O)o2)CC1. The Labute approximate surface area is 156 Å². The smallest absolute Gasteiger partial charge is 0.408 e. The van der Waals surface area contributed by atoms with E-state index in [1.54, 1.807) is 4.90 Å². The molecule has 0 spiro atoms. The maximum absolute atomic E-state index is 12.1. The number of piperidine rings is 1. The number of carbonyl (C=O) groups excluding carboxylic acids is 2. The molecular formula is C17H25N5O5. The van der Waals surface area contributed by atoms with Crippen LogP contribution in [0.25, 0.3) is 0 Å². The molecule has 148 valence electrons. The Hall–Kier alpha value is -2.36. The molecule has 27 heavy (non-hydrogen) atoms. The average Bonchev–Trinajstić information content (AvgIpc) is 3.08. The third-order valence-corrected chi connectivity index (χ3v) is 5.22. The van der Waals surface area contributed by atoms with Gasteiger partial charge >= 0.3 is 12.1 Å². The van der Waals surface area contributed by atoms with Crippen molar-refractivity contribution in [1.29, 1.82) is 0 Å². The van der Waals surface area contributed by atoms with Crippen LogP contribution in [0.15, 0.2) is 4.42 Å². The van der Waals surface area contributed by atoms with Crippen molar-refractivity contribution < 1.29 is 24.0 Å². The number of alkyl carbamates (subject to hydrolysis) is 1. The quantitative estimate of drug-likeness (QED) is 0.767.